The van der Waals surface area contributed by atoms with Gasteiger partial charge >= 0.3 is 0 Å². The quantitative estimate of drug-likeness (QED) is 0.737. The molecule has 0 aliphatic heterocycles. The molecule has 15 heavy (non-hydrogen) atoms. The van der Waals surface area contributed by atoms with Crippen molar-refractivity contribution in [3.63, 3.8) is 0 Å². The molecule has 0 aromatic rings. The summed E-state index contributed by atoms with van der Waals surface area (Å²) in [6, 6.07) is 0. The van der Waals surface area contributed by atoms with E-state index in [4.69, 9.17) is 5.73 Å². The lowest BCUT2D eigenvalue weighted by Crippen LogP contribution is -2.40. The number of nitrogens with two attached hydrogens (primary N) is 1. The first-order chi connectivity index (χ1) is 7.12. The highest BCUT2D eigenvalue weighted by Crippen LogP contribution is 2.33. The fourth-order valence-corrected chi connectivity index (χ4v) is 2.54. The van der Waals surface area contributed by atoms with E-state index in [1.54, 1.807) is 0 Å². The van der Waals surface area contributed by atoms with Crippen LogP contribution in [0.3, 0.4) is 0 Å². The Hall–Kier alpha value is -0.0800. The molecule has 0 amide bonds. The van der Waals surface area contributed by atoms with Crippen LogP contribution in [0.5, 0.6) is 0 Å². The van der Waals surface area contributed by atoms with Gasteiger partial charge in [-0.2, -0.15) is 0 Å². The number of aliphatic hydroxyl groups is 1. The Morgan fingerprint density at radius 2 is 1.93 bits per heavy atom. The Labute approximate surface area is 94.2 Å². The van der Waals surface area contributed by atoms with Gasteiger partial charge in [0.2, 0.25) is 0 Å². The molecule has 0 radical (unpaired) electrons. The Morgan fingerprint density at radius 3 is 2.40 bits per heavy atom. The van der Waals surface area contributed by atoms with Crippen LogP contribution in [0.15, 0.2) is 0 Å². The molecule has 2 nitrogen and oxygen atoms in total. The summed E-state index contributed by atoms with van der Waals surface area (Å²) in [5.41, 5.74) is 5.69. The maximum atomic E-state index is 10.2. The molecule has 2 atom stereocenters. The van der Waals surface area contributed by atoms with Gasteiger partial charge in [0.05, 0.1) is 6.10 Å². The van der Waals surface area contributed by atoms with E-state index in [1.807, 2.05) is 0 Å². The van der Waals surface area contributed by atoms with Gasteiger partial charge in [-0.05, 0) is 18.8 Å². The molecular formula is C13H27NO. The van der Waals surface area contributed by atoms with Crippen molar-refractivity contribution in [2.45, 2.75) is 64.9 Å². The molecular weight excluding hydrogens is 186 g/mol. The number of hydrogen-bond donors (Lipinski definition) is 2. The van der Waals surface area contributed by atoms with E-state index >= 15 is 0 Å². The maximum Gasteiger partial charge on any atom is 0.0608 e. The second kappa shape index (κ2) is 5.86. The molecule has 1 saturated carbocycles. The predicted octanol–water partition coefficient (Wildman–Crippen LogP) is 2.69. The second-order valence-electron chi connectivity index (χ2n) is 5.47. The summed E-state index contributed by atoms with van der Waals surface area (Å²) in [5, 5.41) is 10.2. The minimum absolute atomic E-state index is 0.0720. The standard InChI is InChI=1S/C13H27NO/c1-3-13(2,10-14)12(15)9-11-7-5-4-6-8-11/h11-12,15H,3-10,14H2,1-2H3. The van der Waals surface area contributed by atoms with Crippen LogP contribution in [0, 0.1) is 11.3 Å². The lowest BCUT2D eigenvalue weighted by molar-refractivity contribution is 0.0163. The van der Waals surface area contributed by atoms with Crippen molar-refractivity contribution in [2.24, 2.45) is 17.1 Å². The first kappa shape index (κ1) is 13.0. The number of hydrogen-bond acceptors (Lipinski definition) is 2. The molecule has 3 N–H and O–H groups in total. The predicted molar refractivity (Wildman–Crippen MR) is 64.7 cm³/mol. The zero-order chi connectivity index (χ0) is 11.3. The largest absolute Gasteiger partial charge is 0.393 e. The van der Waals surface area contributed by atoms with E-state index in [-0.39, 0.29) is 11.5 Å². The molecule has 0 heterocycles. The van der Waals surface area contributed by atoms with Crippen molar-refractivity contribution in [3.05, 3.63) is 0 Å². The van der Waals surface area contributed by atoms with E-state index in [9.17, 15) is 5.11 Å². The van der Waals surface area contributed by atoms with Gasteiger partial charge in [-0.15, -0.1) is 0 Å². The summed E-state index contributed by atoms with van der Waals surface area (Å²) < 4.78 is 0. The highest BCUT2D eigenvalue weighted by molar-refractivity contribution is 4.84. The lowest BCUT2D eigenvalue weighted by atomic mass is 9.75. The van der Waals surface area contributed by atoms with Crippen molar-refractivity contribution < 1.29 is 5.11 Å². The van der Waals surface area contributed by atoms with E-state index in [1.165, 1.54) is 32.1 Å². The highest BCUT2D eigenvalue weighted by atomic mass is 16.3. The van der Waals surface area contributed by atoms with E-state index in [2.05, 4.69) is 13.8 Å². The Balaban J connectivity index is 2.41. The maximum absolute atomic E-state index is 10.2. The third kappa shape index (κ3) is 3.46. The van der Waals surface area contributed by atoms with Crippen LogP contribution < -0.4 is 5.73 Å². The summed E-state index contributed by atoms with van der Waals surface area (Å²) in [4.78, 5) is 0. The summed E-state index contributed by atoms with van der Waals surface area (Å²) in [6.45, 7) is 4.83. The van der Waals surface area contributed by atoms with Crippen LogP contribution in [-0.4, -0.2) is 17.8 Å². The van der Waals surface area contributed by atoms with Gasteiger partial charge in [0.1, 0.15) is 0 Å². The molecule has 1 rings (SSSR count). The van der Waals surface area contributed by atoms with Crippen LogP contribution in [0.1, 0.15) is 58.8 Å². The zero-order valence-electron chi connectivity index (χ0n) is 10.3. The van der Waals surface area contributed by atoms with Crippen LogP contribution in [0.2, 0.25) is 0 Å². The molecule has 0 bridgehead atoms. The van der Waals surface area contributed by atoms with Gasteiger partial charge in [-0.3, -0.25) is 0 Å². The van der Waals surface area contributed by atoms with Crippen LogP contribution in [0.25, 0.3) is 0 Å². The molecule has 0 saturated heterocycles. The van der Waals surface area contributed by atoms with Gasteiger partial charge in [-0.25, -0.2) is 0 Å². The molecule has 1 aliphatic carbocycles. The average Bonchev–Trinajstić information content (AvgIpc) is 2.29. The normalized spacial score (nSPS) is 24.8. The van der Waals surface area contributed by atoms with Gasteiger partial charge in [-0.1, -0.05) is 46.0 Å². The third-order valence-electron chi connectivity index (χ3n) is 4.36. The third-order valence-corrected chi connectivity index (χ3v) is 4.36. The van der Waals surface area contributed by atoms with Crippen LogP contribution in [0.4, 0.5) is 0 Å². The first-order valence-electron chi connectivity index (χ1n) is 6.50. The average molecular weight is 213 g/mol. The lowest BCUT2D eigenvalue weighted by Gasteiger charge is -2.35. The smallest absolute Gasteiger partial charge is 0.0608 e. The minimum Gasteiger partial charge on any atom is -0.393 e. The fourth-order valence-electron chi connectivity index (χ4n) is 2.54. The molecule has 0 aromatic carbocycles. The highest BCUT2D eigenvalue weighted by Gasteiger charge is 2.31. The van der Waals surface area contributed by atoms with Gasteiger partial charge in [0.15, 0.2) is 0 Å². The summed E-state index contributed by atoms with van der Waals surface area (Å²) in [6.07, 6.45) is 8.41. The molecule has 2 heteroatoms. The molecule has 0 spiro atoms. The van der Waals surface area contributed by atoms with Crippen molar-refractivity contribution in [1.82, 2.24) is 0 Å². The Morgan fingerprint density at radius 1 is 1.33 bits per heavy atom. The molecule has 90 valence electrons. The second-order valence-corrected chi connectivity index (χ2v) is 5.47. The van der Waals surface area contributed by atoms with E-state index < -0.39 is 0 Å². The van der Waals surface area contributed by atoms with Crippen molar-refractivity contribution in [2.75, 3.05) is 6.54 Å². The SMILES string of the molecule is CCC(C)(CN)C(O)CC1CCCCC1. The summed E-state index contributed by atoms with van der Waals surface area (Å²) in [7, 11) is 0. The zero-order valence-corrected chi connectivity index (χ0v) is 10.3. The van der Waals surface area contributed by atoms with E-state index in [0.717, 1.165) is 18.8 Å². The summed E-state index contributed by atoms with van der Waals surface area (Å²) in [5.74, 6) is 0.742. The first-order valence-corrected chi connectivity index (χ1v) is 6.50. The van der Waals surface area contributed by atoms with Crippen molar-refractivity contribution in [1.29, 1.82) is 0 Å². The minimum atomic E-state index is -0.212. The monoisotopic (exact) mass is 213 g/mol. The molecule has 2 unspecified atom stereocenters. The van der Waals surface area contributed by atoms with Gasteiger partial charge in [0.25, 0.3) is 0 Å². The summed E-state index contributed by atoms with van der Waals surface area (Å²) >= 11 is 0. The molecule has 1 aliphatic rings. The molecule has 0 aromatic heterocycles. The van der Waals surface area contributed by atoms with Crippen LogP contribution >= 0.6 is 0 Å². The van der Waals surface area contributed by atoms with Crippen molar-refractivity contribution in [3.8, 4) is 0 Å². The number of rotatable bonds is 5. The van der Waals surface area contributed by atoms with Crippen LogP contribution in [-0.2, 0) is 0 Å². The van der Waals surface area contributed by atoms with E-state index in [0.29, 0.717) is 6.54 Å². The van der Waals surface area contributed by atoms with Gasteiger partial charge in [0, 0.05) is 12.0 Å². The fraction of sp³-hybridized carbons (Fsp3) is 1.00. The topological polar surface area (TPSA) is 46.2 Å². The van der Waals surface area contributed by atoms with Gasteiger partial charge < -0.3 is 10.8 Å². The van der Waals surface area contributed by atoms with Crippen molar-refractivity contribution >= 4 is 0 Å². The Kier molecular flexibility index (Phi) is 5.07. The Bertz CT molecular complexity index is 171. The number of aliphatic hydroxyl groups excluding tert-OH is 1. The molecule has 1 fully saturated rings.